The number of carbonyl (C=O) groups is 1. The average molecular weight is 408 g/mol. The van der Waals surface area contributed by atoms with Crippen LogP contribution in [0.2, 0.25) is 0 Å². The van der Waals surface area contributed by atoms with Crippen molar-refractivity contribution in [3.63, 3.8) is 0 Å². The Morgan fingerprint density at radius 1 is 1.14 bits per heavy atom. The quantitative estimate of drug-likeness (QED) is 0.610. The van der Waals surface area contributed by atoms with E-state index in [4.69, 9.17) is 9.47 Å². The number of ketones is 1. The van der Waals surface area contributed by atoms with Gasteiger partial charge in [0.2, 0.25) is 5.88 Å². The van der Waals surface area contributed by atoms with Crippen LogP contribution in [0, 0.1) is 0 Å². The molecule has 1 aliphatic carbocycles. The van der Waals surface area contributed by atoms with E-state index in [9.17, 15) is 18.0 Å². The molecule has 0 atom stereocenters. The second-order valence-corrected chi connectivity index (χ2v) is 7.19. The van der Waals surface area contributed by atoms with Crippen LogP contribution in [0.15, 0.2) is 30.7 Å². The summed E-state index contributed by atoms with van der Waals surface area (Å²) in [6.07, 6.45) is 4.91. The number of Topliss-reactive ketones (excluding diaryl/α,β-unsaturated/α-hetero) is 1. The van der Waals surface area contributed by atoms with Gasteiger partial charge in [0.25, 0.3) is 0 Å². The maximum absolute atomic E-state index is 12.6. The normalized spacial score (nSPS) is 15.2. The summed E-state index contributed by atoms with van der Waals surface area (Å²) in [6.45, 7) is -1.38. The molecule has 0 saturated heterocycles. The molecule has 1 fully saturated rings. The molecule has 0 aliphatic heterocycles. The first kappa shape index (κ1) is 21.1. The van der Waals surface area contributed by atoms with Gasteiger partial charge < -0.3 is 9.47 Å². The summed E-state index contributed by atoms with van der Waals surface area (Å²) < 4.78 is 47.9. The average Bonchev–Trinajstić information content (AvgIpc) is 2.72. The highest BCUT2D eigenvalue weighted by molar-refractivity contribution is 5.97. The van der Waals surface area contributed by atoms with Gasteiger partial charge in [0.1, 0.15) is 5.75 Å². The lowest BCUT2D eigenvalue weighted by Gasteiger charge is -2.24. The molecule has 156 valence electrons. The molecule has 0 radical (unpaired) electrons. The van der Waals surface area contributed by atoms with E-state index in [0.29, 0.717) is 22.4 Å². The Labute approximate surface area is 167 Å². The highest BCUT2D eigenvalue weighted by atomic mass is 19.4. The van der Waals surface area contributed by atoms with Gasteiger partial charge >= 0.3 is 6.18 Å². The summed E-state index contributed by atoms with van der Waals surface area (Å²) in [7, 11) is 1.49. The fraction of sp³-hybridized carbons (Fsp3) is 0.476. The summed E-state index contributed by atoms with van der Waals surface area (Å²) in [5, 5.41) is 0. The highest BCUT2D eigenvalue weighted by Gasteiger charge is 2.30. The number of carbonyl (C=O) groups excluding carboxylic acids is 1. The minimum atomic E-state index is -4.43. The molecule has 0 aromatic carbocycles. The standard InChI is InChI=1S/C21H23F3N2O3/c1-28-17-9-16(11-25-12-17)19(27)8-14-7-18(15-5-3-2-4-6-15)20(26-10-14)29-13-21(22,23)24/h7,9-12,15H,2-6,8,13H2,1H3. The second-order valence-electron chi connectivity index (χ2n) is 7.19. The van der Waals surface area contributed by atoms with Crippen molar-refractivity contribution >= 4 is 5.78 Å². The van der Waals surface area contributed by atoms with Crippen molar-refractivity contribution in [3.05, 3.63) is 47.4 Å². The molecule has 0 N–H and O–H groups in total. The number of alkyl halides is 3. The van der Waals surface area contributed by atoms with E-state index in [0.717, 1.165) is 32.1 Å². The van der Waals surface area contributed by atoms with Gasteiger partial charge in [-0.15, -0.1) is 0 Å². The topological polar surface area (TPSA) is 61.3 Å². The molecule has 1 saturated carbocycles. The molecule has 0 unspecified atom stereocenters. The number of rotatable bonds is 7. The van der Waals surface area contributed by atoms with Crippen LogP contribution in [0.3, 0.4) is 0 Å². The van der Waals surface area contributed by atoms with Crippen molar-refractivity contribution in [3.8, 4) is 11.6 Å². The van der Waals surface area contributed by atoms with E-state index >= 15 is 0 Å². The Kier molecular flexibility index (Phi) is 6.71. The first-order chi connectivity index (χ1) is 13.9. The number of methoxy groups -OCH3 is 1. The summed E-state index contributed by atoms with van der Waals surface area (Å²) in [6, 6.07) is 3.37. The van der Waals surface area contributed by atoms with E-state index in [1.165, 1.54) is 25.7 Å². The number of ether oxygens (including phenoxy) is 2. The van der Waals surface area contributed by atoms with E-state index in [2.05, 4.69) is 9.97 Å². The molecule has 1 aliphatic rings. The Morgan fingerprint density at radius 3 is 2.59 bits per heavy atom. The van der Waals surface area contributed by atoms with Crippen LogP contribution in [0.5, 0.6) is 11.6 Å². The number of halogens is 3. The molecule has 5 nitrogen and oxygen atoms in total. The largest absolute Gasteiger partial charge is 0.495 e. The summed E-state index contributed by atoms with van der Waals surface area (Å²) in [5.41, 5.74) is 1.70. The zero-order chi connectivity index (χ0) is 20.9. The van der Waals surface area contributed by atoms with Crippen molar-refractivity contribution in [2.45, 2.75) is 50.6 Å². The predicted molar refractivity (Wildman–Crippen MR) is 100 cm³/mol. The molecule has 0 spiro atoms. The monoisotopic (exact) mass is 408 g/mol. The second kappa shape index (κ2) is 9.24. The molecule has 0 amide bonds. The van der Waals surface area contributed by atoms with Gasteiger partial charge in [0.05, 0.1) is 13.3 Å². The zero-order valence-electron chi connectivity index (χ0n) is 16.2. The molecule has 2 aromatic heterocycles. The van der Waals surface area contributed by atoms with Crippen LogP contribution in [-0.2, 0) is 6.42 Å². The zero-order valence-corrected chi connectivity index (χ0v) is 16.2. The predicted octanol–water partition coefficient (Wildman–Crippen LogP) is 4.90. The van der Waals surface area contributed by atoms with Crippen LogP contribution in [0.25, 0.3) is 0 Å². The minimum Gasteiger partial charge on any atom is -0.495 e. The van der Waals surface area contributed by atoms with E-state index in [1.807, 2.05) is 0 Å². The summed E-state index contributed by atoms with van der Waals surface area (Å²) in [4.78, 5) is 20.7. The van der Waals surface area contributed by atoms with E-state index in [1.54, 1.807) is 12.1 Å². The fourth-order valence-electron chi connectivity index (χ4n) is 3.56. The SMILES string of the molecule is COc1cncc(C(=O)Cc2cnc(OCC(F)(F)F)c(C3CCCCC3)c2)c1. The van der Waals surface area contributed by atoms with Gasteiger partial charge in [-0.25, -0.2) is 4.98 Å². The smallest absolute Gasteiger partial charge is 0.422 e. The Morgan fingerprint density at radius 2 is 1.90 bits per heavy atom. The molecular formula is C21H23F3N2O3. The number of hydrogen-bond donors (Lipinski definition) is 0. The van der Waals surface area contributed by atoms with Crippen LogP contribution >= 0.6 is 0 Å². The van der Waals surface area contributed by atoms with Crippen LogP contribution < -0.4 is 9.47 Å². The number of hydrogen-bond acceptors (Lipinski definition) is 5. The third-order valence-electron chi connectivity index (χ3n) is 4.99. The number of nitrogens with zero attached hydrogens (tertiary/aromatic N) is 2. The van der Waals surface area contributed by atoms with Crippen molar-refractivity contribution in [1.29, 1.82) is 0 Å². The molecular weight excluding hydrogens is 385 g/mol. The van der Waals surface area contributed by atoms with E-state index in [-0.39, 0.29) is 24.0 Å². The van der Waals surface area contributed by atoms with Crippen LogP contribution in [0.1, 0.15) is 59.5 Å². The first-order valence-electron chi connectivity index (χ1n) is 9.56. The third kappa shape index (κ3) is 5.92. The number of aromatic nitrogens is 2. The molecule has 8 heteroatoms. The molecule has 2 heterocycles. The molecule has 0 bridgehead atoms. The summed E-state index contributed by atoms with van der Waals surface area (Å²) >= 11 is 0. The van der Waals surface area contributed by atoms with Gasteiger partial charge in [-0.2, -0.15) is 13.2 Å². The van der Waals surface area contributed by atoms with Crippen LogP contribution in [-0.4, -0.2) is 35.6 Å². The van der Waals surface area contributed by atoms with Gasteiger partial charge in [-0.3, -0.25) is 9.78 Å². The molecule has 2 aromatic rings. The van der Waals surface area contributed by atoms with Gasteiger partial charge in [0.15, 0.2) is 12.4 Å². The maximum Gasteiger partial charge on any atom is 0.422 e. The van der Waals surface area contributed by atoms with Gasteiger partial charge in [-0.1, -0.05) is 19.3 Å². The maximum atomic E-state index is 12.6. The lowest BCUT2D eigenvalue weighted by atomic mass is 9.84. The first-order valence-corrected chi connectivity index (χ1v) is 9.56. The lowest BCUT2D eigenvalue weighted by Crippen LogP contribution is -2.21. The molecule has 3 rings (SSSR count). The molecule has 29 heavy (non-hydrogen) atoms. The minimum absolute atomic E-state index is 0.00784. The lowest BCUT2D eigenvalue weighted by molar-refractivity contribution is -0.154. The van der Waals surface area contributed by atoms with E-state index < -0.39 is 12.8 Å². The van der Waals surface area contributed by atoms with Crippen molar-refractivity contribution < 1.29 is 27.4 Å². The van der Waals surface area contributed by atoms with Crippen LogP contribution in [0.4, 0.5) is 13.2 Å². The van der Waals surface area contributed by atoms with Gasteiger partial charge in [0, 0.05) is 29.9 Å². The van der Waals surface area contributed by atoms with Gasteiger partial charge in [-0.05, 0) is 36.5 Å². The van der Waals surface area contributed by atoms with Crippen molar-refractivity contribution in [1.82, 2.24) is 9.97 Å². The Bertz CT molecular complexity index is 849. The third-order valence-corrected chi connectivity index (χ3v) is 4.99. The number of pyridine rings is 2. The Balaban J connectivity index is 1.82. The fourth-order valence-corrected chi connectivity index (χ4v) is 3.56. The van der Waals surface area contributed by atoms with Crippen molar-refractivity contribution in [2.75, 3.05) is 13.7 Å². The van der Waals surface area contributed by atoms with Crippen molar-refractivity contribution in [2.24, 2.45) is 0 Å². The summed E-state index contributed by atoms with van der Waals surface area (Å²) in [5.74, 6) is 0.408. The highest BCUT2D eigenvalue weighted by Crippen LogP contribution is 2.37. The Hall–Kier alpha value is -2.64.